The Morgan fingerprint density at radius 2 is 1.74 bits per heavy atom. The van der Waals surface area contributed by atoms with Crippen molar-refractivity contribution in [1.29, 1.82) is 0 Å². The molecule has 42 heavy (non-hydrogen) atoms. The second-order valence-electron chi connectivity index (χ2n) is 11.8. The van der Waals surface area contributed by atoms with Gasteiger partial charge < -0.3 is 14.4 Å². The normalized spacial score (nSPS) is 14.9. The first kappa shape index (κ1) is 26.3. The Labute approximate surface area is 268 Å². The maximum Gasteiger partial charge on any atom is 0.120 e. The Balaban J connectivity index is 0.000000202. The molecule has 1 aliphatic rings. The van der Waals surface area contributed by atoms with Gasteiger partial charge in [0.25, 0.3) is 0 Å². The second kappa shape index (κ2) is 12.9. The minimum absolute atomic E-state index is 0. The van der Waals surface area contributed by atoms with Gasteiger partial charge in [-0.2, -0.15) is 0 Å². The molecule has 0 amide bonds. The molecule has 0 N–H and O–H groups in total. The van der Waals surface area contributed by atoms with Crippen molar-refractivity contribution in [2.75, 3.05) is 0 Å². The molecule has 5 heteroatoms. The van der Waals surface area contributed by atoms with Crippen LogP contribution in [0.25, 0.3) is 44.5 Å². The van der Waals surface area contributed by atoms with Crippen LogP contribution >= 0.6 is 0 Å². The number of pyridine rings is 2. The summed E-state index contributed by atoms with van der Waals surface area (Å²) in [5, 5.41) is 3.92. The van der Waals surface area contributed by atoms with Crippen LogP contribution in [0.1, 0.15) is 46.8 Å². The van der Waals surface area contributed by atoms with Gasteiger partial charge in [0.2, 0.25) is 0 Å². The van der Waals surface area contributed by atoms with E-state index in [9.17, 15) is 0 Å². The zero-order valence-electron chi connectivity index (χ0n) is 27.2. The van der Waals surface area contributed by atoms with E-state index >= 15 is 0 Å². The van der Waals surface area contributed by atoms with Crippen LogP contribution in [0.2, 0.25) is 19.6 Å². The largest absolute Gasteiger partial charge is 0.501 e. The van der Waals surface area contributed by atoms with Gasteiger partial charge in [-0.05, 0) is 54.7 Å². The number of aromatic nitrogens is 2. The van der Waals surface area contributed by atoms with Crippen LogP contribution in [0.4, 0.5) is 0 Å². The minimum Gasteiger partial charge on any atom is -0.501 e. The molecule has 0 saturated heterocycles. The van der Waals surface area contributed by atoms with Crippen molar-refractivity contribution in [2.45, 2.75) is 58.1 Å². The SMILES string of the molecule is C[Si](C)(C)c1cccc2oc3c(-c4cc(C5CCCC5)ccn4)[c-]ccc3c12.[2H]C([2H])([2H])c1ccc(-c2[c-]cccc2)nc1.[Ir]. The van der Waals surface area contributed by atoms with Crippen molar-refractivity contribution in [3.63, 3.8) is 0 Å². The number of rotatable bonds is 4. The standard InChI is InChI=1S/C25H26NOSi.C12H10N.Ir/c1-28(2,3)23-13-7-12-22-24(23)20-11-6-10-19(25(20)27-22)21-16-18(14-15-26-21)17-8-4-5-9-17;1-10-7-8-12(13-9-10)11-5-3-2-4-6-11;/h6-7,11-17H,4-5,8-9H2,1-3H3;2-5,7-9H,1H3;/q2*-1;/i;1D3;. The van der Waals surface area contributed by atoms with Gasteiger partial charge in [0.15, 0.2) is 0 Å². The molecule has 7 rings (SSSR count). The number of hydrogen-bond donors (Lipinski definition) is 0. The fraction of sp³-hybridized carbons (Fsp3) is 0.243. The number of nitrogens with zero attached hydrogens (tertiary/aromatic N) is 2. The van der Waals surface area contributed by atoms with Crippen molar-refractivity contribution in [1.82, 2.24) is 9.97 Å². The molecule has 1 saturated carbocycles. The summed E-state index contributed by atoms with van der Waals surface area (Å²) < 4.78 is 28.1. The summed E-state index contributed by atoms with van der Waals surface area (Å²) in [5.74, 6) is 0.676. The van der Waals surface area contributed by atoms with E-state index in [0.29, 0.717) is 5.92 Å². The summed E-state index contributed by atoms with van der Waals surface area (Å²) in [6.07, 6.45) is 8.61. The topological polar surface area (TPSA) is 38.9 Å². The van der Waals surface area contributed by atoms with E-state index in [1.165, 1.54) is 53.4 Å². The summed E-state index contributed by atoms with van der Waals surface area (Å²) >= 11 is 0. The summed E-state index contributed by atoms with van der Waals surface area (Å²) in [6, 6.07) is 32.3. The van der Waals surface area contributed by atoms with Crippen LogP contribution in [0.3, 0.4) is 0 Å². The Morgan fingerprint density at radius 1 is 0.881 bits per heavy atom. The number of aryl methyl sites for hydroxylation is 1. The third-order valence-corrected chi connectivity index (χ3v) is 9.91. The predicted molar refractivity (Wildman–Crippen MR) is 173 cm³/mol. The average molecular weight is 748 g/mol. The number of benzene rings is 3. The van der Waals surface area contributed by atoms with Gasteiger partial charge in [-0.1, -0.05) is 84.5 Å². The van der Waals surface area contributed by atoms with Crippen LogP contribution < -0.4 is 5.19 Å². The zero-order chi connectivity index (χ0) is 30.9. The minimum atomic E-state index is -2.09. The molecule has 3 nitrogen and oxygen atoms in total. The van der Waals surface area contributed by atoms with Gasteiger partial charge in [-0.25, -0.2) is 0 Å². The monoisotopic (exact) mass is 748 g/mol. The average Bonchev–Trinajstić information content (AvgIpc) is 3.70. The van der Waals surface area contributed by atoms with E-state index in [1.54, 1.807) is 18.2 Å². The molecule has 6 aromatic rings. The smallest absolute Gasteiger partial charge is 0.120 e. The Hall–Kier alpha value is -3.37. The van der Waals surface area contributed by atoms with Gasteiger partial charge in [-0.15, -0.1) is 54.1 Å². The Kier molecular flexibility index (Phi) is 8.05. The van der Waals surface area contributed by atoms with E-state index in [0.717, 1.165) is 33.7 Å². The summed E-state index contributed by atoms with van der Waals surface area (Å²) in [5.41, 5.74) is 7.10. The van der Waals surface area contributed by atoms with Crippen molar-refractivity contribution >= 4 is 35.2 Å². The number of furan rings is 1. The van der Waals surface area contributed by atoms with Gasteiger partial charge in [0.05, 0.1) is 13.7 Å². The van der Waals surface area contributed by atoms with E-state index in [2.05, 4.69) is 78.1 Å². The molecule has 0 unspecified atom stereocenters. The Morgan fingerprint density at radius 3 is 2.45 bits per heavy atom. The molecular formula is C37H36IrN2OSi-2. The molecule has 0 atom stereocenters. The first-order chi connectivity index (χ1) is 21.1. The summed E-state index contributed by atoms with van der Waals surface area (Å²) in [7, 11) is -1.49. The van der Waals surface area contributed by atoms with Crippen LogP contribution in [-0.4, -0.2) is 18.0 Å². The molecule has 0 aliphatic heterocycles. The maximum absolute atomic E-state index is 7.23. The van der Waals surface area contributed by atoms with Crippen LogP contribution in [-0.2, 0) is 20.1 Å². The fourth-order valence-corrected chi connectivity index (χ4v) is 7.41. The predicted octanol–water partition coefficient (Wildman–Crippen LogP) is 9.51. The Bertz CT molecular complexity index is 1890. The maximum atomic E-state index is 7.23. The van der Waals surface area contributed by atoms with Crippen molar-refractivity contribution < 1.29 is 28.6 Å². The van der Waals surface area contributed by atoms with Crippen LogP contribution in [0.15, 0.2) is 95.7 Å². The first-order valence-electron chi connectivity index (χ1n) is 15.9. The molecule has 1 aliphatic carbocycles. The van der Waals surface area contributed by atoms with Crippen molar-refractivity contribution in [3.8, 4) is 22.5 Å². The fourth-order valence-electron chi connectivity index (χ4n) is 5.81. The van der Waals surface area contributed by atoms with Gasteiger partial charge in [0.1, 0.15) is 5.58 Å². The number of fused-ring (bicyclic) bond motifs is 3. The van der Waals surface area contributed by atoms with Gasteiger partial charge >= 0.3 is 0 Å². The summed E-state index contributed by atoms with van der Waals surface area (Å²) in [4.78, 5) is 8.81. The number of hydrogen-bond acceptors (Lipinski definition) is 3. The van der Waals surface area contributed by atoms with E-state index in [-0.39, 0.29) is 25.7 Å². The molecule has 3 aromatic heterocycles. The quantitative estimate of drug-likeness (QED) is 0.133. The molecule has 0 bridgehead atoms. The van der Waals surface area contributed by atoms with Gasteiger partial charge in [-0.3, -0.25) is 0 Å². The second-order valence-corrected chi connectivity index (χ2v) is 16.8. The molecule has 3 aromatic carbocycles. The van der Waals surface area contributed by atoms with E-state index < -0.39 is 14.9 Å². The van der Waals surface area contributed by atoms with E-state index in [4.69, 9.17) is 8.53 Å². The van der Waals surface area contributed by atoms with Crippen LogP contribution in [0.5, 0.6) is 0 Å². The molecule has 0 spiro atoms. The van der Waals surface area contributed by atoms with E-state index in [1.807, 2.05) is 30.5 Å². The molecule has 3 heterocycles. The van der Waals surface area contributed by atoms with Crippen molar-refractivity contribution in [2.24, 2.45) is 0 Å². The van der Waals surface area contributed by atoms with Crippen molar-refractivity contribution in [3.05, 3.63) is 115 Å². The van der Waals surface area contributed by atoms with Gasteiger partial charge in [0, 0.05) is 42.0 Å². The third kappa shape index (κ3) is 6.34. The third-order valence-electron chi connectivity index (χ3n) is 7.88. The molecule has 1 radical (unpaired) electrons. The zero-order valence-corrected chi connectivity index (χ0v) is 27.6. The van der Waals surface area contributed by atoms with Crippen LogP contribution in [0, 0.1) is 19.0 Å². The molecular weight excluding hydrogens is 709 g/mol. The molecule has 1 fully saturated rings. The summed E-state index contributed by atoms with van der Waals surface area (Å²) in [6.45, 7) is 5.08. The molecule has 215 valence electrons. The first-order valence-corrected chi connectivity index (χ1v) is 17.9.